The Kier molecular flexibility index (Phi) is 7.42. The van der Waals surface area contributed by atoms with Crippen molar-refractivity contribution in [2.24, 2.45) is 5.92 Å². The Morgan fingerprint density at radius 3 is 1.79 bits per heavy atom. The van der Waals surface area contributed by atoms with Gasteiger partial charge in [-0.15, -0.1) is 0 Å². The molecule has 14 nitrogen and oxygen atoms in total. The molecule has 1 unspecified atom stereocenters. The summed E-state index contributed by atoms with van der Waals surface area (Å²) in [4.78, 5) is 7.69. The van der Waals surface area contributed by atoms with Gasteiger partial charge in [-0.3, -0.25) is 0 Å². The number of nitrogens with two attached hydrogens (primary N) is 2. The maximum Gasteiger partial charge on any atom is 0.231 e. The van der Waals surface area contributed by atoms with Crippen LogP contribution < -0.4 is 11.5 Å². The van der Waals surface area contributed by atoms with E-state index in [0.717, 1.165) is 0 Å². The normalized spacial score (nSPS) is 32.4. The molecule has 0 aliphatic carbocycles. The molecular weight excluding hydrogens is 554 g/mol. The van der Waals surface area contributed by atoms with Gasteiger partial charge in [0, 0.05) is 5.92 Å². The van der Waals surface area contributed by atoms with Crippen molar-refractivity contribution in [3.63, 3.8) is 0 Å². The molecule has 2 fully saturated rings. The molecule has 0 aromatic carbocycles. The lowest BCUT2D eigenvalue weighted by Crippen LogP contribution is -2.37. The van der Waals surface area contributed by atoms with Crippen molar-refractivity contribution in [1.29, 1.82) is 10.5 Å². The van der Waals surface area contributed by atoms with Crippen LogP contribution in [-0.2, 0) is 20.7 Å². The first-order chi connectivity index (χ1) is 20.1. The highest BCUT2D eigenvalue weighted by Crippen LogP contribution is 2.46. The maximum absolute atomic E-state index is 14.8. The molecule has 16 heteroatoms. The highest BCUT2D eigenvalue weighted by Gasteiger charge is 2.59. The molecule has 4 aromatic heterocycles. The molecule has 4 aromatic rings. The van der Waals surface area contributed by atoms with Crippen LogP contribution in [0.25, 0.3) is 11.0 Å². The zero-order valence-corrected chi connectivity index (χ0v) is 22.5. The third-order valence-electron chi connectivity index (χ3n) is 7.82. The first kappa shape index (κ1) is 29.0. The number of hydrogen-bond acceptors (Lipinski definition) is 12. The van der Waals surface area contributed by atoms with Gasteiger partial charge in [0.05, 0.1) is 24.1 Å². The molecule has 8 atom stereocenters. The molecular formula is C26H28F2N10O4. The fourth-order valence-electron chi connectivity index (χ4n) is 5.53. The minimum absolute atomic E-state index is 0.0802. The molecule has 6 heterocycles. The lowest BCUT2D eigenvalue weighted by Gasteiger charge is -2.23. The van der Waals surface area contributed by atoms with Crippen LogP contribution in [0.5, 0.6) is 0 Å². The van der Waals surface area contributed by atoms with Gasteiger partial charge in [0.15, 0.2) is 24.0 Å². The minimum Gasteiger partial charge on any atom is -0.394 e. The number of ether oxygens (including phenoxy) is 2. The van der Waals surface area contributed by atoms with Crippen LogP contribution in [-0.4, -0.2) is 76.7 Å². The van der Waals surface area contributed by atoms with E-state index in [1.54, 1.807) is 25.1 Å². The van der Waals surface area contributed by atoms with Gasteiger partial charge in [0.1, 0.15) is 48.0 Å². The molecule has 0 spiro atoms. The Hall–Kier alpha value is -4.48. The van der Waals surface area contributed by atoms with Crippen LogP contribution in [0.2, 0.25) is 0 Å². The summed E-state index contributed by atoms with van der Waals surface area (Å²) in [6, 6.07) is 10.0. The first-order valence-electron chi connectivity index (χ1n) is 13.0. The van der Waals surface area contributed by atoms with Crippen LogP contribution in [0.1, 0.15) is 31.7 Å². The monoisotopic (exact) mass is 582 g/mol. The van der Waals surface area contributed by atoms with E-state index in [4.69, 9.17) is 26.0 Å². The van der Waals surface area contributed by atoms with Gasteiger partial charge >= 0.3 is 0 Å². The molecule has 6 rings (SSSR count). The summed E-state index contributed by atoms with van der Waals surface area (Å²) in [6.45, 7) is 3.07. The van der Waals surface area contributed by atoms with Crippen molar-refractivity contribution in [1.82, 2.24) is 29.2 Å². The first-order valence-corrected chi connectivity index (χ1v) is 13.0. The van der Waals surface area contributed by atoms with E-state index in [1.807, 2.05) is 13.0 Å². The molecule has 0 radical (unpaired) electrons. The largest absolute Gasteiger partial charge is 0.394 e. The van der Waals surface area contributed by atoms with Crippen molar-refractivity contribution in [2.45, 2.75) is 62.1 Å². The van der Waals surface area contributed by atoms with Gasteiger partial charge in [-0.2, -0.15) is 20.7 Å². The molecule has 220 valence electrons. The average molecular weight is 583 g/mol. The van der Waals surface area contributed by atoms with Crippen molar-refractivity contribution in [3.8, 4) is 12.1 Å². The highest BCUT2D eigenvalue weighted by molar-refractivity contribution is 5.67. The number of fused-ring (bicyclic) bond motifs is 2. The van der Waals surface area contributed by atoms with Crippen LogP contribution >= 0.6 is 0 Å². The predicted octanol–water partition coefficient (Wildman–Crippen LogP) is 0.934. The summed E-state index contributed by atoms with van der Waals surface area (Å²) in [6.07, 6.45) is -3.48. The molecule has 0 saturated carbocycles. The van der Waals surface area contributed by atoms with Crippen molar-refractivity contribution in [3.05, 3.63) is 48.3 Å². The smallest absolute Gasteiger partial charge is 0.231 e. The number of nitrogen functional groups attached to an aromatic ring is 2. The summed E-state index contributed by atoms with van der Waals surface area (Å²) in [5, 5.41) is 45.9. The molecule has 2 aliphatic heterocycles. The number of aliphatic hydroxyl groups is 2. The van der Waals surface area contributed by atoms with Gasteiger partial charge in [-0.05, 0) is 30.7 Å². The lowest BCUT2D eigenvalue weighted by molar-refractivity contribution is -0.0566. The second-order valence-electron chi connectivity index (χ2n) is 10.1. The quantitative estimate of drug-likeness (QED) is 0.264. The van der Waals surface area contributed by atoms with E-state index < -0.39 is 42.4 Å². The van der Waals surface area contributed by atoms with Crippen molar-refractivity contribution in [2.75, 3.05) is 18.1 Å². The molecule has 42 heavy (non-hydrogen) atoms. The van der Waals surface area contributed by atoms with Crippen molar-refractivity contribution >= 4 is 22.7 Å². The summed E-state index contributed by atoms with van der Waals surface area (Å²) < 4.78 is 43.1. The topological polar surface area (TPSA) is 219 Å². The second kappa shape index (κ2) is 10.7. The number of halogens is 2. The van der Waals surface area contributed by atoms with E-state index >= 15 is 0 Å². The number of aliphatic hydroxyl groups excluding tert-OH is 2. The Labute approximate surface area is 237 Å². The van der Waals surface area contributed by atoms with Crippen molar-refractivity contribution < 1.29 is 28.5 Å². The third kappa shape index (κ3) is 4.11. The van der Waals surface area contributed by atoms with E-state index in [1.165, 1.54) is 33.8 Å². The predicted molar refractivity (Wildman–Crippen MR) is 141 cm³/mol. The molecule has 0 amide bonds. The van der Waals surface area contributed by atoms with E-state index in [2.05, 4.69) is 20.2 Å². The molecule has 6 N–H and O–H groups in total. The van der Waals surface area contributed by atoms with Crippen LogP contribution in [0.4, 0.5) is 20.4 Å². The van der Waals surface area contributed by atoms with Crippen LogP contribution in [0.3, 0.4) is 0 Å². The summed E-state index contributed by atoms with van der Waals surface area (Å²) in [5.41, 5.74) is 9.09. The Morgan fingerprint density at radius 1 is 0.905 bits per heavy atom. The average Bonchev–Trinajstić information content (AvgIpc) is 3.75. The van der Waals surface area contributed by atoms with E-state index in [-0.39, 0.29) is 29.4 Å². The summed E-state index contributed by atoms with van der Waals surface area (Å²) in [7, 11) is 0. The molecule has 0 bridgehead atoms. The molecule has 2 aliphatic rings. The Bertz CT molecular complexity index is 1580. The van der Waals surface area contributed by atoms with Crippen LogP contribution in [0.15, 0.2) is 36.9 Å². The third-order valence-corrected chi connectivity index (χ3v) is 7.82. The van der Waals surface area contributed by atoms with Gasteiger partial charge in [0.2, 0.25) is 11.2 Å². The Morgan fingerprint density at radius 2 is 1.38 bits per heavy atom. The van der Waals surface area contributed by atoms with E-state index in [9.17, 15) is 24.4 Å². The standard InChI is InChI=1S/C14H16FN5O.C12H12FN5O3/c1-3-10-8(2)12(15)14(6-16,21-10)11-5-4-9-13(17)18-7-19-20(9)11;13-10-9(20)7(3-19)21-12(10,4-14)8-2-1-6-11(15)16-5-17-18(6)8/h4-5,7-8,10,12H,3H2,1-2H3,(H2,17,18,19);1-2,5,7,9-10,19-20H,3H2,(H2,15,16,17)/t8-,10-,12-,14?;7-,9-,10-,12+/m11/s1. The van der Waals surface area contributed by atoms with Gasteiger partial charge in [-0.1, -0.05) is 13.8 Å². The fraction of sp³-hybridized carbons (Fsp3) is 0.462. The number of nitriles is 2. The number of hydrogen-bond donors (Lipinski definition) is 4. The summed E-state index contributed by atoms with van der Waals surface area (Å²) in [5.74, 6) is 0.0780. The fourth-order valence-corrected chi connectivity index (χ4v) is 5.53. The summed E-state index contributed by atoms with van der Waals surface area (Å²) >= 11 is 0. The zero-order chi connectivity index (χ0) is 30.4. The number of anilines is 2. The van der Waals surface area contributed by atoms with E-state index in [0.29, 0.717) is 23.1 Å². The number of aromatic nitrogens is 6. The maximum atomic E-state index is 14.8. The van der Waals surface area contributed by atoms with Gasteiger partial charge in [-0.25, -0.2) is 27.8 Å². The lowest BCUT2D eigenvalue weighted by atomic mass is 9.89. The number of alkyl halides is 2. The van der Waals surface area contributed by atoms with Gasteiger partial charge < -0.3 is 31.2 Å². The Balaban J connectivity index is 0.000000168. The molecule has 2 saturated heterocycles. The second-order valence-corrected chi connectivity index (χ2v) is 10.1. The number of nitrogens with zero attached hydrogens (tertiary/aromatic N) is 8. The minimum atomic E-state index is -2.07. The van der Waals surface area contributed by atoms with Crippen LogP contribution in [0, 0.1) is 28.6 Å². The SMILES string of the molecule is CC[C@H]1OC(C#N)(c2ccc3c(N)ncnn23)[C@H](F)[C@@H]1C.N#C[C@@]1(c2ccc3c(N)ncnn23)O[C@H](CO)[C@@H](O)[C@H]1F. The zero-order valence-electron chi connectivity index (χ0n) is 22.5. The number of rotatable bonds is 4. The highest BCUT2D eigenvalue weighted by atomic mass is 19.1. The van der Waals surface area contributed by atoms with Gasteiger partial charge in [0.25, 0.3) is 0 Å².